The summed E-state index contributed by atoms with van der Waals surface area (Å²) in [5.41, 5.74) is 2.48. The van der Waals surface area contributed by atoms with E-state index in [1.807, 2.05) is 55.5 Å². The normalized spacial score (nSPS) is 14.2. The van der Waals surface area contributed by atoms with E-state index in [-0.39, 0.29) is 11.6 Å². The molecule has 8 heteroatoms. The Morgan fingerprint density at radius 3 is 2.48 bits per heavy atom. The van der Waals surface area contributed by atoms with Gasteiger partial charge in [-0.05, 0) is 64.8 Å². The fourth-order valence-electron chi connectivity index (χ4n) is 3.16. The molecule has 0 aromatic heterocycles. The number of cyclic esters (lactones) is 1. The van der Waals surface area contributed by atoms with Crippen LogP contribution in [0.1, 0.15) is 23.6 Å². The van der Waals surface area contributed by atoms with E-state index < -0.39 is 5.97 Å². The number of hydrogen-bond donors (Lipinski definition) is 0. The van der Waals surface area contributed by atoms with Crippen molar-refractivity contribution in [2.75, 3.05) is 6.61 Å². The van der Waals surface area contributed by atoms with Gasteiger partial charge in [0.2, 0.25) is 5.90 Å². The summed E-state index contributed by atoms with van der Waals surface area (Å²) in [6.07, 6.45) is 1.61. The zero-order chi connectivity index (χ0) is 23.4. The highest BCUT2D eigenvalue weighted by Gasteiger charge is 2.25. The zero-order valence-corrected chi connectivity index (χ0v) is 21.4. The zero-order valence-electron chi connectivity index (χ0n) is 17.5. The van der Waals surface area contributed by atoms with Crippen molar-refractivity contribution < 1.29 is 19.0 Å². The fraction of sp³-hybridized carbons (Fsp3) is 0.120. The third kappa shape index (κ3) is 5.49. The Labute approximate surface area is 213 Å². The summed E-state index contributed by atoms with van der Waals surface area (Å²) < 4.78 is 18.8. The second kappa shape index (κ2) is 10.5. The number of nitrogens with zero attached hydrogens (tertiary/aromatic N) is 1. The molecule has 5 nitrogen and oxygen atoms in total. The fourth-order valence-corrected chi connectivity index (χ4v) is 4.28. The van der Waals surface area contributed by atoms with E-state index in [9.17, 15) is 4.79 Å². The predicted octanol–water partition coefficient (Wildman–Crippen LogP) is 7.19. The Balaban J connectivity index is 1.63. The number of carbonyl (C=O) groups is 1. The lowest BCUT2D eigenvalue weighted by atomic mass is 10.1. The van der Waals surface area contributed by atoms with Crippen LogP contribution in [-0.2, 0) is 16.1 Å². The van der Waals surface area contributed by atoms with Crippen LogP contribution in [0.5, 0.6) is 11.5 Å². The highest BCUT2D eigenvalue weighted by Crippen LogP contribution is 2.38. The number of carbonyl (C=O) groups excluding carboxylic acids is 1. The first-order valence-electron chi connectivity index (χ1n) is 10.1. The minimum atomic E-state index is -0.538. The number of hydrogen-bond acceptors (Lipinski definition) is 5. The number of aliphatic imine (C=N–C) groups is 1. The quantitative estimate of drug-likeness (QED) is 0.216. The monoisotopic (exact) mass is 589 g/mol. The number of rotatable bonds is 7. The lowest BCUT2D eigenvalue weighted by Crippen LogP contribution is -2.05. The average molecular weight is 592 g/mol. The first-order chi connectivity index (χ1) is 16.0. The second-order valence-corrected chi connectivity index (χ2v) is 9.07. The van der Waals surface area contributed by atoms with E-state index >= 15 is 0 Å². The van der Waals surface area contributed by atoms with Gasteiger partial charge in [0, 0.05) is 14.5 Å². The van der Waals surface area contributed by atoms with E-state index in [0.29, 0.717) is 40.9 Å². The molecule has 0 saturated carbocycles. The first kappa shape index (κ1) is 23.5. The summed E-state index contributed by atoms with van der Waals surface area (Å²) in [7, 11) is 0. The average Bonchev–Trinajstić information content (AvgIpc) is 3.14. The molecule has 0 atom stereocenters. The van der Waals surface area contributed by atoms with Crippen LogP contribution in [0.4, 0.5) is 0 Å². The Kier molecular flexibility index (Phi) is 7.53. The van der Waals surface area contributed by atoms with Gasteiger partial charge in [0.05, 0.1) is 17.2 Å². The maximum atomic E-state index is 12.4. The van der Waals surface area contributed by atoms with Crippen LogP contribution >= 0.6 is 43.5 Å². The Hall–Kier alpha value is -2.61. The molecular weight excluding hydrogens is 574 g/mol. The topological polar surface area (TPSA) is 57.1 Å². The van der Waals surface area contributed by atoms with Crippen molar-refractivity contribution in [2.45, 2.75) is 13.5 Å². The van der Waals surface area contributed by atoms with Crippen LogP contribution in [0.3, 0.4) is 0 Å². The maximum Gasteiger partial charge on any atom is 0.363 e. The molecule has 0 saturated heterocycles. The molecule has 1 heterocycles. The highest BCUT2D eigenvalue weighted by atomic mass is 79.9. The standard InChI is InChI=1S/C25H18Br2ClNO4/c1-2-31-22-13-15(11-20(28)23(22)32-14-16-7-3-5-9-18(16)26)12-21-25(30)33-24(29-21)17-8-4-6-10-19(17)27/h3-13H,2,14H2,1H3/b21-12-. The van der Waals surface area contributed by atoms with Crippen LogP contribution in [0.2, 0.25) is 5.02 Å². The summed E-state index contributed by atoms with van der Waals surface area (Å²) in [6.45, 7) is 2.61. The van der Waals surface area contributed by atoms with E-state index in [0.717, 1.165) is 14.5 Å². The molecule has 0 unspecified atom stereocenters. The van der Waals surface area contributed by atoms with Gasteiger partial charge >= 0.3 is 5.97 Å². The third-order valence-corrected chi connectivity index (χ3v) is 6.44. The van der Waals surface area contributed by atoms with Gasteiger partial charge in [0.15, 0.2) is 17.2 Å². The van der Waals surface area contributed by atoms with E-state index in [1.54, 1.807) is 18.2 Å². The van der Waals surface area contributed by atoms with E-state index in [1.165, 1.54) is 0 Å². The van der Waals surface area contributed by atoms with E-state index in [2.05, 4.69) is 36.9 Å². The molecule has 0 radical (unpaired) electrons. The number of benzene rings is 3. The van der Waals surface area contributed by atoms with Gasteiger partial charge in [0.25, 0.3) is 0 Å². The van der Waals surface area contributed by atoms with Gasteiger partial charge in [-0.2, -0.15) is 0 Å². The predicted molar refractivity (Wildman–Crippen MR) is 136 cm³/mol. The SMILES string of the molecule is CCOc1cc(/C=C2\N=C(c3ccccc3Br)OC2=O)cc(Cl)c1OCc1ccccc1Br. The summed E-state index contributed by atoms with van der Waals surface area (Å²) in [5, 5.41) is 0.362. The van der Waals surface area contributed by atoms with Crippen molar-refractivity contribution in [3.63, 3.8) is 0 Å². The molecule has 33 heavy (non-hydrogen) atoms. The van der Waals surface area contributed by atoms with Crippen molar-refractivity contribution in [1.82, 2.24) is 0 Å². The second-order valence-electron chi connectivity index (χ2n) is 6.96. The van der Waals surface area contributed by atoms with Gasteiger partial charge in [0.1, 0.15) is 6.61 Å². The molecular formula is C25H18Br2ClNO4. The molecule has 0 fully saturated rings. The molecule has 0 N–H and O–H groups in total. The summed E-state index contributed by atoms with van der Waals surface area (Å²) >= 11 is 13.5. The van der Waals surface area contributed by atoms with Gasteiger partial charge in [-0.15, -0.1) is 0 Å². The van der Waals surface area contributed by atoms with Crippen molar-refractivity contribution in [2.24, 2.45) is 4.99 Å². The Morgan fingerprint density at radius 1 is 1.03 bits per heavy atom. The molecule has 0 bridgehead atoms. The van der Waals surface area contributed by atoms with Gasteiger partial charge in [-0.1, -0.05) is 57.9 Å². The van der Waals surface area contributed by atoms with Crippen molar-refractivity contribution in [3.8, 4) is 11.5 Å². The Morgan fingerprint density at radius 2 is 1.76 bits per heavy atom. The van der Waals surface area contributed by atoms with Gasteiger partial charge in [-0.25, -0.2) is 9.79 Å². The molecule has 4 rings (SSSR count). The maximum absolute atomic E-state index is 12.4. The van der Waals surface area contributed by atoms with Crippen molar-refractivity contribution in [1.29, 1.82) is 0 Å². The molecule has 0 amide bonds. The molecule has 0 spiro atoms. The Bertz CT molecular complexity index is 1270. The largest absolute Gasteiger partial charge is 0.490 e. The summed E-state index contributed by atoms with van der Waals surface area (Å²) in [6, 6.07) is 18.6. The third-order valence-electron chi connectivity index (χ3n) is 4.69. The van der Waals surface area contributed by atoms with Crippen LogP contribution in [0, 0.1) is 0 Å². The van der Waals surface area contributed by atoms with Gasteiger partial charge in [-0.3, -0.25) is 0 Å². The summed E-state index contributed by atoms with van der Waals surface area (Å²) in [5.74, 6) is 0.612. The highest BCUT2D eigenvalue weighted by molar-refractivity contribution is 9.10. The molecule has 168 valence electrons. The van der Waals surface area contributed by atoms with Crippen LogP contribution < -0.4 is 9.47 Å². The minimum absolute atomic E-state index is 0.168. The molecule has 3 aromatic carbocycles. The smallest absolute Gasteiger partial charge is 0.363 e. The lowest BCUT2D eigenvalue weighted by Gasteiger charge is -2.15. The molecule has 1 aliphatic rings. The summed E-state index contributed by atoms with van der Waals surface area (Å²) in [4.78, 5) is 16.8. The molecule has 3 aromatic rings. The number of ether oxygens (including phenoxy) is 3. The molecule has 0 aliphatic carbocycles. The molecule has 1 aliphatic heterocycles. The van der Waals surface area contributed by atoms with Crippen molar-refractivity contribution >= 4 is 61.4 Å². The minimum Gasteiger partial charge on any atom is -0.490 e. The van der Waals surface area contributed by atoms with Crippen LogP contribution in [-0.4, -0.2) is 18.5 Å². The van der Waals surface area contributed by atoms with Crippen LogP contribution in [0.15, 0.2) is 80.3 Å². The lowest BCUT2D eigenvalue weighted by molar-refractivity contribution is -0.129. The van der Waals surface area contributed by atoms with Gasteiger partial charge < -0.3 is 14.2 Å². The van der Waals surface area contributed by atoms with Crippen molar-refractivity contribution in [3.05, 3.63) is 97.0 Å². The van der Waals surface area contributed by atoms with Crippen LogP contribution in [0.25, 0.3) is 6.08 Å². The number of esters is 1. The first-order valence-corrected chi connectivity index (χ1v) is 12.0. The van der Waals surface area contributed by atoms with E-state index in [4.69, 9.17) is 25.8 Å². The number of halogens is 3.